The predicted octanol–water partition coefficient (Wildman–Crippen LogP) is 3.54. The molecule has 0 heterocycles. The van der Waals surface area contributed by atoms with Crippen molar-refractivity contribution in [2.24, 2.45) is 0 Å². The standard InChI is InChI=1S/C21H20N2O4S/c1-27-20-11-10-18(28(25,26)23-17-8-9-17)13-19(20)22-21(24)16-7-6-14-4-2-3-5-15(14)12-16/h2-7,10-13,17,23H,8-9H2,1H3,(H,22,24). The highest BCUT2D eigenvalue weighted by atomic mass is 32.2. The number of rotatable bonds is 6. The molecule has 0 atom stereocenters. The van der Waals surface area contributed by atoms with Crippen LogP contribution in [0, 0.1) is 0 Å². The van der Waals surface area contributed by atoms with Crippen LogP contribution in [0.15, 0.2) is 65.6 Å². The van der Waals surface area contributed by atoms with Crippen molar-refractivity contribution in [3.8, 4) is 5.75 Å². The second-order valence-electron chi connectivity index (χ2n) is 6.77. The molecule has 0 aromatic heterocycles. The fourth-order valence-corrected chi connectivity index (χ4v) is 4.30. The number of ether oxygens (including phenoxy) is 1. The van der Waals surface area contributed by atoms with Crippen LogP contribution in [0.1, 0.15) is 23.2 Å². The molecular weight excluding hydrogens is 376 g/mol. The van der Waals surface area contributed by atoms with Crippen LogP contribution < -0.4 is 14.8 Å². The van der Waals surface area contributed by atoms with Crippen molar-refractivity contribution < 1.29 is 17.9 Å². The first kappa shape index (κ1) is 18.5. The molecule has 4 rings (SSSR count). The highest BCUT2D eigenvalue weighted by Crippen LogP contribution is 2.29. The molecule has 1 saturated carbocycles. The molecule has 1 fully saturated rings. The molecule has 7 heteroatoms. The molecule has 144 valence electrons. The average Bonchev–Trinajstić information content (AvgIpc) is 3.50. The molecule has 0 spiro atoms. The zero-order valence-electron chi connectivity index (χ0n) is 15.3. The van der Waals surface area contributed by atoms with Gasteiger partial charge >= 0.3 is 0 Å². The number of fused-ring (bicyclic) bond motifs is 1. The molecule has 1 aliphatic carbocycles. The molecule has 3 aromatic carbocycles. The van der Waals surface area contributed by atoms with Gasteiger partial charge in [0.05, 0.1) is 17.7 Å². The van der Waals surface area contributed by atoms with Crippen molar-refractivity contribution in [3.05, 3.63) is 66.2 Å². The third kappa shape index (κ3) is 3.85. The van der Waals surface area contributed by atoms with Crippen LogP contribution in [-0.4, -0.2) is 27.5 Å². The number of carbonyl (C=O) groups is 1. The summed E-state index contributed by atoms with van der Waals surface area (Å²) < 4.78 is 32.9. The molecule has 0 bridgehead atoms. The van der Waals surface area contributed by atoms with Crippen LogP contribution in [-0.2, 0) is 10.0 Å². The van der Waals surface area contributed by atoms with Gasteiger partial charge in [0, 0.05) is 11.6 Å². The number of anilines is 1. The van der Waals surface area contributed by atoms with E-state index in [1.165, 1.54) is 25.3 Å². The number of amides is 1. The summed E-state index contributed by atoms with van der Waals surface area (Å²) in [7, 11) is -2.16. The van der Waals surface area contributed by atoms with Crippen molar-refractivity contribution >= 4 is 32.4 Å². The quantitative estimate of drug-likeness (QED) is 0.667. The number of sulfonamides is 1. The molecule has 3 aromatic rings. The van der Waals surface area contributed by atoms with E-state index >= 15 is 0 Å². The van der Waals surface area contributed by atoms with Gasteiger partial charge in [-0.05, 0) is 53.9 Å². The fraction of sp³-hybridized carbons (Fsp3) is 0.190. The molecule has 28 heavy (non-hydrogen) atoms. The second kappa shape index (κ2) is 7.26. The maximum absolute atomic E-state index is 12.7. The summed E-state index contributed by atoms with van der Waals surface area (Å²) in [5.41, 5.74) is 0.782. The number of nitrogens with one attached hydrogen (secondary N) is 2. The summed E-state index contributed by atoms with van der Waals surface area (Å²) in [5.74, 6) is 0.0493. The number of carbonyl (C=O) groups excluding carboxylic acids is 1. The first-order chi connectivity index (χ1) is 13.5. The highest BCUT2D eigenvalue weighted by molar-refractivity contribution is 7.89. The van der Waals surface area contributed by atoms with E-state index in [2.05, 4.69) is 10.0 Å². The van der Waals surface area contributed by atoms with E-state index in [0.717, 1.165) is 23.6 Å². The number of methoxy groups -OCH3 is 1. The third-order valence-corrected chi connectivity index (χ3v) is 6.16. The molecular formula is C21H20N2O4S. The van der Waals surface area contributed by atoms with Gasteiger partial charge < -0.3 is 10.1 Å². The lowest BCUT2D eigenvalue weighted by atomic mass is 10.1. The monoisotopic (exact) mass is 396 g/mol. The number of benzene rings is 3. The lowest BCUT2D eigenvalue weighted by molar-refractivity contribution is 0.102. The Kier molecular flexibility index (Phi) is 4.78. The average molecular weight is 396 g/mol. The minimum Gasteiger partial charge on any atom is -0.495 e. The van der Waals surface area contributed by atoms with E-state index in [1.54, 1.807) is 12.1 Å². The van der Waals surface area contributed by atoms with Crippen molar-refractivity contribution in [2.75, 3.05) is 12.4 Å². The van der Waals surface area contributed by atoms with E-state index < -0.39 is 10.0 Å². The van der Waals surface area contributed by atoms with Crippen molar-refractivity contribution in [2.45, 2.75) is 23.8 Å². The molecule has 0 radical (unpaired) electrons. The number of hydrogen-bond acceptors (Lipinski definition) is 4. The van der Waals surface area contributed by atoms with Crippen LogP contribution in [0.5, 0.6) is 5.75 Å². The van der Waals surface area contributed by atoms with Gasteiger partial charge in [0.15, 0.2) is 0 Å². The Balaban J connectivity index is 1.63. The van der Waals surface area contributed by atoms with Crippen LogP contribution in [0.2, 0.25) is 0 Å². The summed E-state index contributed by atoms with van der Waals surface area (Å²) >= 11 is 0. The molecule has 0 aliphatic heterocycles. The Morgan fingerprint density at radius 3 is 2.46 bits per heavy atom. The summed E-state index contributed by atoms with van der Waals surface area (Å²) in [6, 6.07) is 17.6. The molecule has 0 unspecified atom stereocenters. The minimum atomic E-state index is -3.63. The van der Waals surface area contributed by atoms with Gasteiger partial charge in [-0.2, -0.15) is 0 Å². The summed E-state index contributed by atoms with van der Waals surface area (Å²) in [6.07, 6.45) is 1.70. The Bertz CT molecular complexity index is 1150. The fourth-order valence-electron chi connectivity index (χ4n) is 2.97. The SMILES string of the molecule is COc1ccc(S(=O)(=O)NC2CC2)cc1NC(=O)c1ccc2ccccc2c1. The first-order valence-electron chi connectivity index (χ1n) is 8.97. The maximum atomic E-state index is 12.7. The lowest BCUT2D eigenvalue weighted by Crippen LogP contribution is -2.25. The van der Waals surface area contributed by atoms with Gasteiger partial charge in [-0.3, -0.25) is 4.79 Å². The van der Waals surface area contributed by atoms with E-state index in [1.807, 2.05) is 30.3 Å². The summed E-state index contributed by atoms with van der Waals surface area (Å²) in [5, 5.41) is 4.76. The van der Waals surface area contributed by atoms with Gasteiger partial charge in [-0.15, -0.1) is 0 Å². The zero-order valence-corrected chi connectivity index (χ0v) is 16.1. The maximum Gasteiger partial charge on any atom is 0.255 e. The first-order valence-corrected chi connectivity index (χ1v) is 10.4. The van der Waals surface area contributed by atoms with Crippen LogP contribution in [0.4, 0.5) is 5.69 Å². The third-order valence-electron chi connectivity index (χ3n) is 4.64. The van der Waals surface area contributed by atoms with Gasteiger partial charge in [0.2, 0.25) is 10.0 Å². The molecule has 1 aliphatic rings. The summed E-state index contributed by atoms with van der Waals surface area (Å²) in [6.45, 7) is 0. The predicted molar refractivity (Wildman–Crippen MR) is 108 cm³/mol. The van der Waals surface area contributed by atoms with Crippen molar-refractivity contribution in [3.63, 3.8) is 0 Å². The Morgan fingerprint density at radius 1 is 1.00 bits per heavy atom. The summed E-state index contributed by atoms with van der Waals surface area (Å²) in [4.78, 5) is 12.8. The second-order valence-corrected chi connectivity index (χ2v) is 8.49. The van der Waals surface area contributed by atoms with E-state index in [-0.39, 0.29) is 16.8 Å². The normalized spacial score (nSPS) is 14.0. The van der Waals surface area contributed by atoms with E-state index in [4.69, 9.17) is 4.74 Å². The van der Waals surface area contributed by atoms with Gasteiger partial charge in [0.25, 0.3) is 5.91 Å². The molecule has 2 N–H and O–H groups in total. The van der Waals surface area contributed by atoms with E-state index in [9.17, 15) is 13.2 Å². The van der Waals surface area contributed by atoms with E-state index in [0.29, 0.717) is 17.0 Å². The molecule has 0 saturated heterocycles. The van der Waals surface area contributed by atoms with Crippen LogP contribution in [0.25, 0.3) is 10.8 Å². The Hall–Kier alpha value is -2.90. The van der Waals surface area contributed by atoms with Gasteiger partial charge in [-0.1, -0.05) is 30.3 Å². The number of hydrogen-bond donors (Lipinski definition) is 2. The topological polar surface area (TPSA) is 84.5 Å². The molecule has 1 amide bonds. The Labute approximate surface area is 163 Å². The zero-order chi connectivity index (χ0) is 19.7. The minimum absolute atomic E-state index is 0.00254. The van der Waals surface area contributed by atoms with Crippen molar-refractivity contribution in [1.29, 1.82) is 0 Å². The van der Waals surface area contributed by atoms with Gasteiger partial charge in [-0.25, -0.2) is 13.1 Å². The Morgan fingerprint density at radius 2 is 1.75 bits per heavy atom. The van der Waals surface area contributed by atoms with Crippen LogP contribution in [0.3, 0.4) is 0 Å². The largest absolute Gasteiger partial charge is 0.495 e. The highest BCUT2D eigenvalue weighted by Gasteiger charge is 2.28. The smallest absolute Gasteiger partial charge is 0.255 e. The molecule has 6 nitrogen and oxygen atoms in total. The van der Waals surface area contributed by atoms with Crippen LogP contribution >= 0.6 is 0 Å². The lowest BCUT2D eigenvalue weighted by Gasteiger charge is -2.13. The van der Waals surface area contributed by atoms with Gasteiger partial charge in [0.1, 0.15) is 5.75 Å². The van der Waals surface area contributed by atoms with Crippen molar-refractivity contribution in [1.82, 2.24) is 4.72 Å².